The first-order valence-corrected chi connectivity index (χ1v) is 13.6. The van der Waals surface area contributed by atoms with Crippen LogP contribution >= 0.6 is 11.6 Å². The van der Waals surface area contributed by atoms with Gasteiger partial charge in [-0.2, -0.15) is 4.98 Å². The number of aromatic nitrogens is 4. The van der Waals surface area contributed by atoms with E-state index in [1.165, 1.54) is 0 Å². The van der Waals surface area contributed by atoms with E-state index in [-0.39, 0.29) is 33.9 Å². The molecule has 2 aliphatic rings. The number of benzene rings is 1. The van der Waals surface area contributed by atoms with Crippen molar-refractivity contribution in [3.05, 3.63) is 41.0 Å². The molecular formula is C26H31ClN10O4. The number of methoxy groups -OCH3 is 1. The Morgan fingerprint density at radius 2 is 1.95 bits per heavy atom. The Balaban J connectivity index is 1.06. The van der Waals surface area contributed by atoms with E-state index in [9.17, 15) is 9.59 Å². The number of ether oxygens (including phenoxy) is 1. The third-order valence-corrected chi connectivity index (χ3v) is 7.43. The maximum atomic E-state index is 12.9. The summed E-state index contributed by atoms with van der Waals surface area (Å²) in [5.41, 5.74) is 6.20. The van der Waals surface area contributed by atoms with Crippen LogP contribution in [-0.2, 0) is 11.2 Å². The molecule has 5 rings (SSSR count). The number of amides is 2. The molecule has 0 atom stereocenters. The topological polar surface area (TPSA) is 186 Å². The van der Waals surface area contributed by atoms with Crippen molar-refractivity contribution < 1.29 is 18.8 Å². The van der Waals surface area contributed by atoms with Crippen molar-refractivity contribution >= 4 is 41.0 Å². The van der Waals surface area contributed by atoms with Gasteiger partial charge < -0.3 is 30.5 Å². The molecule has 41 heavy (non-hydrogen) atoms. The molecule has 0 radical (unpaired) electrons. The molecule has 2 amide bonds. The molecule has 1 spiro atoms. The van der Waals surface area contributed by atoms with E-state index in [2.05, 4.69) is 41.1 Å². The van der Waals surface area contributed by atoms with E-state index in [4.69, 9.17) is 26.6 Å². The predicted molar refractivity (Wildman–Crippen MR) is 152 cm³/mol. The first-order valence-electron chi connectivity index (χ1n) is 13.2. The zero-order valence-corrected chi connectivity index (χ0v) is 23.5. The van der Waals surface area contributed by atoms with Gasteiger partial charge in [-0.15, -0.1) is 0 Å². The second-order valence-electron chi connectivity index (χ2n) is 9.85. The number of nitrogens with one attached hydrogen (secondary N) is 3. The number of nitrogen functional groups attached to an aromatic ring is 1. The molecule has 0 unspecified atom stereocenters. The number of aryl methyl sites for hydroxylation is 1. The number of carbonyl (C=O) groups is 2. The molecule has 0 bridgehead atoms. The van der Waals surface area contributed by atoms with Crippen LogP contribution in [-0.4, -0.2) is 82.1 Å². The van der Waals surface area contributed by atoms with Gasteiger partial charge in [-0.05, 0) is 43.5 Å². The number of aliphatic imine (C=N–C) groups is 1. The maximum absolute atomic E-state index is 12.9. The van der Waals surface area contributed by atoms with E-state index < -0.39 is 5.91 Å². The molecule has 216 valence electrons. The number of nitrogens with two attached hydrogens (primary N) is 1. The van der Waals surface area contributed by atoms with Gasteiger partial charge in [0.25, 0.3) is 5.91 Å². The zero-order valence-electron chi connectivity index (χ0n) is 22.7. The Morgan fingerprint density at radius 1 is 1.20 bits per heavy atom. The van der Waals surface area contributed by atoms with E-state index >= 15 is 0 Å². The van der Waals surface area contributed by atoms with Gasteiger partial charge in [0.15, 0.2) is 28.4 Å². The first kappa shape index (κ1) is 28.1. The Labute approximate surface area is 241 Å². The molecule has 4 heterocycles. The molecule has 0 saturated carbocycles. The predicted octanol–water partition coefficient (Wildman–Crippen LogP) is 1.89. The molecular weight excluding hydrogens is 552 g/mol. The number of piperidine rings is 1. The van der Waals surface area contributed by atoms with E-state index in [0.29, 0.717) is 69.4 Å². The molecule has 15 heteroatoms. The fraction of sp³-hybridized carbons (Fsp3) is 0.423. The van der Waals surface area contributed by atoms with Crippen LogP contribution in [0.5, 0.6) is 5.75 Å². The summed E-state index contributed by atoms with van der Waals surface area (Å²) in [6.45, 7) is 1.67. The van der Waals surface area contributed by atoms with Gasteiger partial charge in [-0.25, -0.2) is 9.97 Å². The van der Waals surface area contributed by atoms with Crippen molar-refractivity contribution in [2.75, 3.05) is 44.8 Å². The van der Waals surface area contributed by atoms with Crippen LogP contribution in [0.4, 0.5) is 11.6 Å². The minimum atomic E-state index is -0.517. The van der Waals surface area contributed by atoms with Gasteiger partial charge in [-0.3, -0.25) is 19.9 Å². The van der Waals surface area contributed by atoms with Crippen molar-refractivity contribution in [1.29, 1.82) is 0 Å². The van der Waals surface area contributed by atoms with E-state index in [0.717, 1.165) is 11.3 Å². The third-order valence-electron chi connectivity index (χ3n) is 7.16. The van der Waals surface area contributed by atoms with E-state index in [1.807, 2.05) is 29.2 Å². The number of guanidine groups is 1. The number of likely N-dealkylation sites (tertiary alicyclic amines) is 1. The SMILES string of the molecule is CNc1nc(N)c(Cl)nc1C(=O)NC1=NCC2(CCN(C(=O)CCCc3nc(-c4ccc(OC)cc4)no3)CC2)N1. The number of halogens is 1. The quantitative estimate of drug-likeness (QED) is 0.304. The molecule has 1 aromatic carbocycles. The summed E-state index contributed by atoms with van der Waals surface area (Å²) >= 11 is 5.96. The van der Waals surface area contributed by atoms with Crippen LogP contribution in [0.3, 0.4) is 0 Å². The monoisotopic (exact) mass is 582 g/mol. The molecule has 2 aromatic heterocycles. The summed E-state index contributed by atoms with van der Waals surface area (Å²) in [4.78, 5) is 44.5. The van der Waals surface area contributed by atoms with Gasteiger partial charge in [0.05, 0.1) is 19.2 Å². The molecule has 2 aliphatic heterocycles. The van der Waals surface area contributed by atoms with Crippen LogP contribution < -0.4 is 26.4 Å². The normalized spacial score (nSPS) is 15.8. The number of anilines is 2. The van der Waals surface area contributed by atoms with Crippen molar-refractivity contribution in [3.8, 4) is 17.1 Å². The van der Waals surface area contributed by atoms with Gasteiger partial charge in [0.2, 0.25) is 17.6 Å². The summed E-state index contributed by atoms with van der Waals surface area (Å²) in [6.07, 6.45) is 2.91. The van der Waals surface area contributed by atoms with Crippen LogP contribution in [0.2, 0.25) is 5.15 Å². The highest BCUT2D eigenvalue weighted by molar-refractivity contribution is 6.31. The lowest BCUT2D eigenvalue weighted by Crippen LogP contribution is -2.56. The average molecular weight is 583 g/mol. The first-order chi connectivity index (χ1) is 19.8. The van der Waals surface area contributed by atoms with Crippen molar-refractivity contribution in [3.63, 3.8) is 0 Å². The molecule has 1 saturated heterocycles. The Kier molecular flexibility index (Phi) is 8.19. The molecule has 0 aliphatic carbocycles. The number of carbonyl (C=O) groups excluding carboxylic acids is 2. The lowest BCUT2D eigenvalue weighted by atomic mass is 9.88. The summed E-state index contributed by atoms with van der Waals surface area (Å²) in [7, 11) is 3.22. The number of nitrogens with zero attached hydrogens (tertiary/aromatic N) is 6. The Morgan fingerprint density at radius 3 is 2.66 bits per heavy atom. The lowest BCUT2D eigenvalue weighted by Gasteiger charge is -2.39. The largest absolute Gasteiger partial charge is 0.497 e. The van der Waals surface area contributed by atoms with Gasteiger partial charge in [0.1, 0.15) is 5.75 Å². The van der Waals surface area contributed by atoms with Crippen LogP contribution in [0.1, 0.15) is 42.1 Å². The Hall–Kier alpha value is -4.46. The van der Waals surface area contributed by atoms with E-state index in [1.54, 1.807) is 14.2 Å². The van der Waals surface area contributed by atoms with Crippen molar-refractivity contribution in [2.24, 2.45) is 4.99 Å². The van der Waals surface area contributed by atoms with Gasteiger partial charge in [-0.1, -0.05) is 16.8 Å². The zero-order chi connectivity index (χ0) is 29.0. The lowest BCUT2D eigenvalue weighted by molar-refractivity contribution is -0.132. The molecule has 14 nitrogen and oxygen atoms in total. The smallest absolute Gasteiger partial charge is 0.280 e. The fourth-order valence-corrected chi connectivity index (χ4v) is 4.92. The summed E-state index contributed by atoms with van der Waals surface area (Å²) < 4.78 is 10.5. The second-order valence-corrected chi connectivity index (χ2v) is 10.2. The third kappa shape index (κ3) is 6.32. The highest BCUT2D eigenvalue weighted by Gasteiger charge is 2.40. The fourth-order valence-electron chi connectivity index (χ4n) is 4.79. The van der Waals surface area contributed by atoms with Crippen molar-refractivity contribution in [2.45, 2.75) is 37.6 Å². The van der Waals surface area contributed by atoms with Crippen LogP contribution in [0, 0.1) is 0 Å². The highest BCUT2D eigenvalue weighted by atomic mass is 35.5. The summed E-state index contributed by atoms with van der Waals surface area (Å²) in [5.74, 6) is 1.90. The minimum Gasteiger partial charge on any atom is -0.497 e. The van der Waals surface area contributed by atoms with Crippen LogP contribution in [0.25, 0.3) is 11.4 Å². The number of hydrogen-bond acceptors (Lipinski definition) is 12. The summed E-state index contributed by atoms with van der Waals surface area (Å²) in [5, 5.41) is 12.8. The van der Waals surface area contributed by atoms with Gasteiger partial charge >= 0.3 is 0 Å². The maximum Gasteiger partial charge on any atom is 0.280 e. The number of rotatable bonds is 8. The standard InChI is InChI=1S/C26H31ClN10O4/c1-29-23-19(32-20(27)21(28)33-23)24(39)34-25-30-14-26(35-25)10-12-37(13-11-26)18(38)5-3-4-17-31-22(36-41-17)15-6-8-16(40-2)9-7-15/h6-9H,3-5,10-14H2,1-2H3,(H3,28,29,33)(H2,30,34,35,39). The number of hydrogen-bond donors (Lipinski definition) is 4. The highest BCUT2D eigenvalue weighted by Crippen LogP contribution is 2.27. The van der Waals surface area contributed by atoms with Crippen molar-refractivity contribution in [1.82, 2.24) is 35.6 Å². The second kappa shape index (κ2) is 12.0. The van der Waals surface area contributed by atoms with Crippen LogP contribution in [0.15, 0.2) is 33.8 Å². The molecule has 1 fully saturated rings. The minimum absolute atomic E-state index is 0.00931. The van der Waals surface area contributed by atoms with Gasteiger partial charge in [0, 0.05) is 38.5 Å². The molecule has 3 aromatic rings. The Bertz CT molecular complexity index is 1450. The molecule has 5 N–H and O–H groups in total. The average Bonchev–Trinajstić information content (AvgIpc) is 3.61. The summed E-state index contributed by atoms with van der Waals surface area (Å²) in [6, 6.07) is 7.41.